The van der Waals surface area contributed by atoms with Crippen molar-refractivity contribution in [2.45, 2.75) is 26.3 Å². The van der Waals surface area contributed by atoms with E-state index >= 15 is 0 Å². The topological polar surface area (TPSA) is 61.0 Å². The molecule has 0 aliphatic carbocycles. The third-order valence-corrected chi connectivity index (χ3v) is 2.46. The number of hydrogen-bond donors (Lipinski definition) is 0. The van der Waals surface area contributed by atoms with Crippen LogP contribution in [0.5, 0.6) is 0 Å². The van der Waals surface area contributed by atoms with Crippen LogP contribution >= 0.6 is 27.5 Å². The molecule has 5 nitrogen and oxygen atoms in total. The summed E-state index contributed by atoms with van der Waals surface area (Å²) in [5, 5.41) is 14.6. The van der Waals surface area contributed by atoms with Gasteiger partial charge in [0.15, 0.2) is 0 Å². The molecule has 0 unspecified atom stereocenters. The average Bonchev–Trinajstić information content (AvgIpc) is 2.24. The Kier molecular flexibility index (Phi) is 2.87. The fourth-order valence-corrected chi connectivity index (χ4v) is 2.01. The first-order valence-electron chi connectivity index (χ1n) is 3.84. The first kappa shape index (κ1) is 11.5. The largest absolute Gasteiger partial charge is 0.340 e. The van der Waals surface area contributed by atoms with Crippen molar-refractivity contribution < 1.29 is 4.92 Å². The molecule has 0 radical (unpaired) electrons. The highest BCUT2D eigenvalue weighted by Gasteiger charge is 2.29. The molecule has 0 saturated heterocycles. The van der Waals surface area contributed by atoms with Crippen LogP contribution in [0.2, 0.25) is 5.15 Å². The van der Waals surface area contributed by atoms with Crippen LogP contribution in [0.1, 0.15) is 20.8 Å². The van der Waals surface area contributed by atoms with Gasteiger partial charge in [0, 0.05) is 0 Å². The lowest BCUT2D eigenvalue weighted by molar-refractivity contribution is -0.385. The molecule has 1 rings (SSSR count). The second-order valence-electron chi connectivity index (χ2n) is 3.77. The summed E-state index contributed by atoms with van der Waals surface area (Å²) in [4.78, 5) is 10.1. The van der Waals surface area contributed by atoms with Gasteiger partial charge in [0.2, 0.25) is 9.76 Å². The van der Waals surface area contributed by atoms with E-state index in [9.17, 15) is 10.1 Å². The van der Waals surface area contributed by atoms with E-state index in [4.69, 9.17) is 11.6 Å². The molecular formula is C7H9BrClN3O2. The zero-order valence-electron chi connectivity index (χ0n) is 7.91. The van der Waals surface area contributed by atoms with Gasteiger partial charge in [-0.1, -0.05) is 11.6 Å². The van der Waals surface area contributed by atoms with Gasteiger partial charge in [0.05, 0.1) is 10.5 Å². The van der Waals surface area contributed by atoms with Crippen molar-refractivity contribution in [3.8, 4) is 0 Å². The second kappa shape index (κ2) is 3.51. The van der Waals surface area contributed by atoms with Crippen LogP contribution in [0.25, 0.3) is 0 Å². The monoisotopic (exact) mass is 281 g/mol. The first-order chi connectivity index (χ1) is 6.25. The predicted octanol–water partition coefficient (Wildman–Crippen LogP) is 2.96. The Morgan fingerprint density at radius 3 is 2.29 bits per heavy atom. The Bertz CT molecular complexity index is 383. The molecule has 1 heterocycles. The van der Waals surface area contributed by atoms with E-state index in [1.54, 1.807) is 0 Å². The summed E-state index contributed by atoms with van der Waals surface area (Å²) in [7, 11) is 0. The summed E-state index contributed by atoms with van der Waals surface area (Å²) in [6.07, 6.45) is 0. The summed E-state index contributed by atoms with van der Waals surface area (Å²) in [5.74, 6) is 0. The first-order valence-corrected chi connectivity index (χ1v) is 5.01. The number of nitro groups is 1. The van der Waals surface area contributed by atoms with E-state index in [0.717, 1.165) is 0 Å². The summed E-state index contributed by atoms with van der Waals surface area (Å²) >= 11 is 8.84. The van der Waals surface area contributed by atoms with Gasteiger partial charge in [-0.15, -0.1) is 0 Å². The molecule has 1 aromatic heterocycles. The van der Waals surface area contributed by atoms with Crippen molar-refractivity contribution >= 4 is 33.2 Å². The van der Waals surface area contributed by atoms with E-state index < -0.39 is 4.92 Å². The van der Waals surface area contributed by atoms with Gasteiger partial charge in [-0.3, -0.25) is 10.1 Å². The third-order valence-electron chi connectivity index (χ3n) is 1.58. The van der Waals surface area contributed by atoms with Crippen molar-refractivity contribution in [2.24, 2.45) is 0 Å². The molecule has 0 saturated carbocycles. The van der Waals surface area contributed by atoms with E-state index in [-0.39, 0.29) is 21.0 Å². The molecule has 0 spiro atoms. The van der Waals surface area contributed by atoms with E-state index in [0.29, 0.717) is 0 Å². The van der Waals surface area contributed by atoms with Gasteiger partial charge in [-0.05, 0) is 36.7 Å². The molecule has 0 amide bonds. The molecule has 0 aliphatic heterocycles. The summed E-state index contributed by atoms with van der Waals surface area (Å²) in [6.45, 7) is 5.59. The quantitative estimate of drug-likeness (QED) is 0.587. The number of aromatic nitrogens is 2. The Hall–Kier alpha value is -0.620. The number of nitrogens with zero attached hydrogens (tertiary/aromatic N) is 3. The lowest BCUT2D eigenvalue weighted by Crippen LogP contribution is -2.23. The number of rotatable bonds is 1. The van der Waals surface area contributed by atoms with Gasteiger partial charge < -0.3 is 0 Å². The Labute approximate surface area is 94.3 Å². The number of hydrogen-bond acceptors (Lipinski definition) is 3. The Morgan fingerprint density at radius 1 is 1.57 bits per heavy atom. The molecule has 0 fully saturated rings. The summed E-state index contributed by atoms with van der Waals surface area (Å²) < 4.78 is 1.57. The maximum absolute atomic E-state index is 10.6. The SMILES string of the molecule is CC(C)(C)n1nc(Br)c([N+](=O)[O-])c1Cl. The molecule has 1 aromatic rings. The second-order valence-corrected chi connectivity index (χ2v) is 4.88. The van der Waals surface area contributed by atoms with E-state index in [2.05, 4.69) is 21.0 Å². The highest BCUT2D eigenvalue weighted by atomic mass is 79.9. The molecule has 14 heavy (non-hydrogen) atoms. The molecule has 7 heteroatoms. The van der Waals surface area contributed by atoms with Crippen molar-refractivity contribution in [1.82, 2.24) is 9.78 Å². The summed E-state index contributed by atoms with van der Waals surface area (Å²) in [6, 6.07) is 0. The standard InChI is InChI=1S/C7H9BrClN3O2/c1-7(2,3)11-6(9)4(12(13)14)5(8)10-11/h1-3H3. The van der Waals surface area contributed by atoms with Crippen molar-refractivity contribution in [3.63, 3.8) is 0 Å². The maximum Gasteiger partial charge on any atom is 0.340 e. The highest BCUT2D eigenvalue weighted by molar-refractivity contribution is 9.10. The van der Waals surface area contributed by atoms with Gasteiger partial charge in [0.1, 0.15) is 0 Å². The van der Waals surface area contributed by atoms with Gasteiger partial charge >= 0.3 is 5.69 Å². The fraction of sp³-hybridized carbons (Fsp3) is 0.571. The lowest BCUT2D eigenvalue weighted by atomic mass is 10.1. The minimum Gasteiger partial charge on any atom is -0.258 e. The predicted molar refractivity (Wildman–Crippen MR) is 56.6 cm³/mol. The van der Waals surface area contributed by atoms with Crippen LogP contribution in [0, 0.1) is 10.1 Å². The van der Waals surface area contributed by atoms with Crippen LogP contribution in [0.4, 0.5) is 5.69 Å². The highest BCUT2D eigenvalue weighted by Crippen LogP contribution is 2.35. The molecular weight excluding hydrogens is 273 g/mol. The van der Waals surface area contributed by atoms with Crippen LogP contribution in [0.15, 0.2) is 4.60 Å². The van der Waals surface area contributed by atoms with Crippen molar-refractivity contribution in [1.29, 1.82) is 0 Å². The van der Waals surface area contributed by atoms with Gasteiger partial charge in [-0.25, -0.2) is 4.68 Å². The molecule has 0 aromatic carbocycles. The zero-order chi connectivity index (χ0) is 11.1. The zero-order valence-corrected chi connectivity index (χ0v) is 10.3. The normalized spacial score (nSPS) is 11.8. The molecule has 0 bridgehead atoms. The van der Waals surface area contributed by atoms with Crippen LogP contribution < -0.4 is 0 Å². The van der Waals surface area contributed by atoms with Crippen LogP contribution in [0.3, 0.4) is 0 Å². The summed E-state index contributed by atoms with van der Waals surface area (Å²) in [5.41, 5.74) is -0.574. The Morgan fingerprint density at radius 2 is 2.07 bits per heavy atom. The minimum atomic E-state index is -0.554. The molecule has 0 atom stereocenters. The molecule has 78 valence electrons. The van der Waals surface area contributed by atoms with Gasteiger partial charge in [-0.2, -0.15) is 5.10 Å². The van der Waals surface area contributed by atoms with Crippen molar-refractivity contribution in [2.75, 3.05) is 0 Å². The Balaban J connectivity index is 3.39. The van der Waals surface area contributed by atoms with Crippen molar-refractivity contribution in [3.05, 3.63) is 19.9 Å². The maximum atomic E-state index is 10.6. The fourth-order valence-electron chi connectivity index (χ4n) is 0.960. The average molecular weight is 283 g/mol. The molecule has 0 aliphatic rings. The van der Waals surface area contributed by atoms with E-state index in [1.165, 1.54) is 4.68 Å². The molecule has 0 N–H and O–H groups in total. The van der Waals surface area contributed by atoms with E-state index in [1.807, 2.05) is 20.8 Å². The lowest BCUT2D eigenvalue weighted by Gasteiger charge is -2.19. The van der Waals surface area contributed by atoms with Gasteiger partial charge in [0.25, 0.3) is 0 Å². The van der Waals surface area contributed by atoms with Crippen LogP contribution in [-0.2, 0) is 5.54 Å². The third kappa shape index (κ3) is 1.90. The number of halogens is 2. The minimum absolute atomic E-state index is 0.0365. The van der Waals surface area contributed by atoms with Crippen LogP contribution in [-0.4, -0.2) is 14.7 Å². The smallest absolute Gasteiger partial charge is 0.258 e.